The summed E-state index contributed by atoms with van der Waals surface area (Å²) in [4.78, 5) is 21.0. The van der Waals surface area contributed by atoms with E-state index in [2.05, 4.69) is 40.8 Å². The van der Waals surface area contributed by atoms with Crippen molar-refractivity contribution >= 4 is 28.2 Å². The molecule has 1 aliphatic rings. The number of ether oxygens (including phenoxy) is 1. The van der Waals surface area contributed by atoms with E-state index in [-0.39, 0.29) is 11.8 Å². The summed E-state index contributed by atoms with van der Waals surface area (Å²) in [5, 5.41) is 11.0. The van der Waals surface area contributed by atoms with Gasteiger partial charge in [-0.2, -0.15) is 0 Å². The molecule has 0 spiro atoms. The van der Waals surface area contributed by atoms with Gasteiger partial charge in [0.15, 0.2) is 0 Å². The Bertz CT molecular complexity index is 1180. The molecule has 1 aromatic carbocycles. The Balaban J connectivity index is 1.34. The number of methoxy groups -OCH3 is 1. The number of pyridine rings is 1. The predicted octanol–water partition coefficient (Wildman–Crippen LogP) is 5.01. The minimum atomic E-state index is -0.689. The number of piperidine rings is 1. The molecule has 5 nitrogen and oxygen atoms in total. The number of fused-ring (bicyclic) bond motifs is 1. The highest BCUT2D eigenvalue weighted by Crippen LogP contribution is 2.30. The smallest absolute Gasteiger partial charge is 0.308 e. The van der Waals surface area contributed by atoms with Crippen LogP contribution in [0, 0.1) is 30.6 Å². The van der Waals surface area contributed by atoms with Crippen LogP contribution >= 0.6 is 11.3 Å². The molecule has 2 atom stereocenters. The van der Waals surface area contributed by atoms with Gasteiger partial charge in [-0.05, 0) is 87.0 Å². The van der Waals surface area contributed by atoms with E-state index < -0.39 is 5.97 Å². The van der Waals surface area contributed by atoms with Gasteiger partial charge in [0.2, 0.25) is 0 Å². The largest absolute Gasteiger partial charge is 0.497 e. The van der Waals surface area contributed by atoms with Crippen LogP contribution in [-0.4, -0.2) is 47.7 Å². The van der Waals surface area contributed by atoms with Crippen LogP contribution in [0.25, 0.3) is 10.9 Å². The lowest BCUT2D eigenvalue weighted by atomic mass is 9.81. The molecule has 6 heteroatoms. The van der Waals surface area contributed by atoms with Gasteiger partial charge in [-0.15, -0.1) is 11.3 Å². The second kappa shape index (κ2) is 10.8. The normalized spacial score (nSPS) is 18.6. The van der Waals surface area contributed by atoms with Crippen LogP contribution in [0.1, 0.15) is 34.6 Å². The number of aliphatic carboxylic acids is 1. The molecule has 1 saturated heterocycles. The monoisotopic (exact) mass is 462 g/mol. The van der Waals surface area contributed by atoms with Crippen molar-refractivity contribution in [2.75, 3.05) is 26.7 Å². The summed E-state index contributed by atoms with van der Waals surface area (Å²) in [6.45, 7) is 4.18. The molecule has 0 saturated carbocycles. The van der Waals surface area contributed by atoms with Crippen molar-refractivity contribution in [1.82, 2.24) is 9.88 Å². The zero-order chi connectivity index (χ0) is 23.2. The van der Waals surface area contributed by atoms with Crippen LogP contribution in [0.15, 0.2) is 42.6 Å². The van der Waals surface area contributed by atoms with Crippen LogP contribution < -0.4 is 4.74 Å². The fraction of sp³-hybridized carbons (Fsp3) is 0.407. The summed E-state index contributed by atoms with van der Waals surface area (Å²) in [5.41, 5.74) is 2.20. The maximum Gasteiger partial charge on any atom is 0.308 e. The quantitative estimate of drug-likeness (QED) is 0.500. The summed E-state index contributed by atoms with van der Waals surface area (Å²) >= 11 is 1.69. The fourth-order valence-corrected chi connectivity index (χ4v) is 5.40. The number of likely N-dealkylation sites (tertiary alicyclic amines) is 1. The summed E-state index contributed by atoms with van der Waals surface area (Å²) in [7, 11) is 1.67. The third-order valence-electron chi connectivity index (χ3n) is 6.47. The van der Waals surface area contributed by atoms with Crippen molar-refractivity contribution in [3.8, 4) is 17.6 Å². The van der Waals surface area contributed by atoms with Gasteiger partial charge in [0, 0.05) is 23.0 Å². The first-order valence-electron chi connectivity index (χ1n) is 11.5. The van der Waals surface area contributed by atoms with E-state index in [4.69, 9.17) is 4.74 Å². The second-order valence-corrected chi connectivity index (χ2v) is 9.97. The number of benzene rings is 1. The van der Waals surface area contributed by atoms with Gasteiger partial charge >= 0.3 is 5.97 Å². The summed E-state index contributed by atoms with van der Waals surface area (Å²) < 4.78 is 5.37. The highest BCUT2D eigenvalue weighted by atomic mass is 32.1. The SMILES string of the molecule is COc1ccc2nccc(CCC[C@@H]3CCN(CC#Cc4ccc(C)s4)C[C@@H]3C(=O)O)c2c1. The molecule has 1 fully saturated rings. The van der Waals surface area contributed by atoms with Crippen LogP contribution in [0.3, 0.4) is 0 Å². The first-order chi connectivity index (χ1) is 16.0. The molecule has 3 aromatic rings. The number of carbonyl (C=O) groups is 1. The van der Waals surface area contributed by atoms with E-state index in [1.54, 1.807) is 18.4 Å². The van der Waals surface area contributed by atoms with E-state index in [9.17, 15) is 9.90 Å². The summed E-state index contributed by atoms with van der Waals surface area (Å²) in [6.07, 6.45) is 5.54. The third kappa shape index (κ3) is 5.93. The van der Waals surface area contributed by atoms with Crippen molar-refractivity contribution in [3.05, 3.63) is 57.9 Å². The van der Waals surface area contributed by atoms with Crippen molar-refractivity contribution < 1.29 is 14.6 Å². The van der Waals surface area contributed by atoms with Gasteiger partial charge in [-0.3, -0.25) is 14.7 Å². The van der Waals surface area contributed by atoms with Gasteiger partial charge in [0.1, 0.15) is 5.75 Å². The van der Waals surface area contributed by atoms with Gasteiger partial charge < -0.3 is 9.84 Å². The lowest BCUT2D eigenvalue weighted by molar-refractivity contribution is -0.146. The lowest BCUT2D eigenvalue weighted by Crippen LogP contribution is -2.44. The Morgan fingerprint density at radius 3 is 2.94 bits per heavy atom. The molecular formula is C27H30N2O3S. The molecule has 0 unspecified atom stereocenters. The average molecular weight is 463 g/mol. The molecule has 3 heterocycles. The Morgan fingerprint density at radius 1 is 1.30 bits per heavy atom. The zero-order valence-corrected chi connectivity index (χ0v) is 20.0. The van der Waals surface area contributed by atoms with Crippen molar-refractivity contribution in [3.63, 3.8) is 0 Å². The van der Waals surface area contributed by atoms with Crippen LogP contribution in [0.4, 0.5) is 0 Å². The molecule has 2 aromatic heterocycles. The van der Waals surface area contributed by atoms with E-state index in [0.717, 1.165) is 53.8 Å². The van der Waals surface area contributed by atoms with Gasteiger partial charge in [0.25, 0.3) is 0 Å². The number of aromatic nitrogens is 1. The lowest BCUT2D eigenvalue weighted by Gasteiger charge is -2.35. The van der Waals surface area contributed by atoms with E-state index in [1.165, 1.54) is 10.4 Å². The van der Waals surface area contributed by atoms with Gasteiger partial charge in [-0.25, -0.2) is 0 Å². The Morgan fingerprint density at radius 2 is 2.18 bits per heavy atom. The van der Waals surface area contributed by atoms with Crippen LogP contribution in [0.2, 0.25) is 0 Å². The average Bonchev–Trinajstić information content (AvgIpc) is 3.24. The van der Waals surface area contributed by atoms with Gasteiger partial charge in [0.05, 0.1) is 30.0 Å². The van der Waals surface area contributed by atoms with Gasteiger partial charge in [-0.1, -0.05) is 11.8 Å². The predicted molar refractivity (Wildman–Crippen MR) is 133 cm³/mol. The van der Waals surface area contributed by atoms with E-state index in [1.807, 2.05) is 30.5 Å². The maximum absolute atomic E-state index is 12.0. The summed E-state index contributed by atoms with van der Waals surface area (Å²) in [6, 6.07) is 12.1. The molecular weight excluding hydrogens is 432 g/mol. The number of rotatable bonds is 7. The van der Waals surface area contributed by atoms with Crippen molar-refractivity contribution in [2.24, 2.45) is 11.8 Å². The number of thiophene rings is 1. The number of carboxylic acids is 1. The Hall–Kier alpha value is -2.88. The highest BCUT2D eigenvalue weighted by molar-refractivity contribution is 7.12. The Labute approximate surface area is 199 Å². The molecule has 4 rings (SSSR count). The van der Waals surface area contributed by atoms with Crippen LogP contribution in [-0.2, 0) is 11.2 Å². The number of aryl methyl sites for hydroxylation is 2. The number of nitrogens with zero attached hydrogens (tertiary/aromatic N) is 2. The molecule has 0 radical (unpaired) electrons. The fourth-order valence-electron chi connectivity index (χ4n) is 4.66. The maximum atomic E-state index is 12.0. The van der Waals surface area contributed by atoms with E-state index >= 15 is 0 Å². The van der Waals surface area contributed by atoms with Crippen molar-refractivity contribution in [2.45, 2.75) is 32.6 Å². The molecule has 1 N–H and O–H groups in total. The molecule has 0 amide bonds. The van der Waals surface area contributed by atoms with E-state index in [0.29, 0.717) is 13.1 Å². The zero-order valence-electron chi connectivity index (χ0n) is 19.2. The Kier molecular flexibility index (Phi) is 7.64. The third-order valence-corrected chi connectivity index (χ3v) is 7.39. The highest BCUT2D eigenvalue weighted by Gasteiger charge is 2.33. The number of hydrogen-bond acceptors (Lipinski definition) is 5. The molecule has 33 heavy (non-hydrogen) atoms. The standard InChI is InChI=1S/C27H30N2O3S/c1-19-8-10-23(33-19)7-4-15-29-16-13-21(25(18-29)27(30)31)6-3-5-20-12-14-28-26-11-9-22(32-2)17-24(20)26/h8-12,14,17,21,25H,3,5-6,13,15-16,18H2,1-2H3,(H,30,31)/t21-,25+/m1/s1. The molecule has 1 aliphatic heterocycles. The number of carboxylic acid groups (broad SMARTS) is 1. The minimum Gasteiger partial charge on any atom is -0.497 e. The molecule has 0 aliphatic carbocycles. The molecule has 0 bridgehead atoms. The first kappa shape index (κ1) is 23.3. The minimum absolute atomic E-state index is 0.203. The first-order valence-corrected chi connectivity index (χ1v) is 12.3. The summed E-state index contributed by atoms with van der Waals surface area (Å²) in [5.74, 6) is 6.44. The second-order valence-electron chi connectivity index (χ2n) is 8.69. The molecule has 172 valence electrons. The topological polar surface area (TPSA) is 62.7 Å². The van der Waals surface area contributed by atoms with Crippen LogP contribution in [0.5, 0.6) is 5.75 Å². The number of hydrogen-bond donors (Lipinski definition) is 1. The van der Waals surface area contributed by atoms with Crippen molar-refractivity contribution in [1.29, 1.82) is 0 Å².